The molecule has 1 aromatic carbocycles. The highest BCUT2D eigenvalue weighted by molar-refractivity contribution is 5.89. The van der Waals surface area contributed by atoms with Gasteiger partial charge in [-0.2, -0.15) is 0 Å². The average molecular weight is 288 g/mol. The van der Waals surface area contributed by atoms with Gasteiger partial charge in [-0.15, -0.1) is 0 Å². The molecule has 0 atom stereocenters. The van der Waals surface area contributed by atoms with Crippen LogP contribution in [0.4, 0.5) is 10.5 Å². The molecule has 3 heteroatoms. The summed E-state index contributed by atoms with van der Waals surface area (Å²) in [5.41, 5.74) is 2.40. The Labute approximate surface area is 128 Å². The van der Waals surface area contributed by atoms with Crippen molar-refractivity contribution in [3.8, 4) is 0 Å². The van der Waals surface area contributed by atoms with Gasteiger partial charge < -0.3 is 10.6 Å². The summed E-state index contributed by atoms with van der Waals surface area (Å²) in [6.45, 7) is 6.83. The van der Waals surface area contributed by atoms with E-state index in [1.807, 2.05) is 12.1 Å². The number of hydrogen-bond donors (Lipinski definition) is 2. The fourth-order valence-corrected chi connectivity index (χ4v) is 2.55. The molecule has 0 unspecified atom stereocenters. The third kappa shape index (κ3) is 5.07. The van der Waals surface area contributed by atoms with Crippen molar-refractivity contribution < 1.29 is 4.79 Å². The summed E-state index contributed by atoms with van der Waals surface area (Å²) in [7, 11) is 0. The predicted molar refractivity (Wildman–Crippen MR) is 88.8 cm³/mol. The van der Waals surface area contributed by atoms with Crippen LogP contribution in [0, 0.1) is 0 Å². The van der Waals surface area contributed by atoms with Crippen LogP contribution < -0.4 is 10.6 Å². The van der Waals surface area contributed by atoms with Crippen molar-refractivity contribution >= 4 is 11.7 Å². The van der Waals surface area contributed by atoms with Crippen LogP contribution in [0.5, 0.6) is 0 Å². The number of carbonyl (C=O) groups excluding carboxylic acids is 1. The minimum atomic E-state index is -0.0903. The van der Waals surface area contributed by atoms with Crippen LogP contribution in [-0.4, -0.2) is 12.1 Å². The highest BCUT2D eigenvalue weighted by Crippen LogP contribution is 2.30. The minimum Gasteiger partial charge on any atom is -0.335 e. The van der Waals surface area contributed by atoms with Crippen molar-refractivity contribution in [3.63, 3.8) is 0 Å². The van der Waals surface area contributed by atoms with E-state index in [0.29, 0.717) is 6.04 Å². The molecule has 2 rings (SSSR count). The third-order valence-corrected chi connectivity index (χ3v) is 4.24. The van der Waals surface area contributed by atoms with Crippen LogP contribution in [0.3, 0.4) is 0 Å². The Kier molecular flexibility index (Phi) is 5.27. The monoisotopic (exact) mass is 288 g/mol. The number of unbranched alkanes of at least 4 members (excludes halogenated alkanes) is 2. The summed E-state index contributed by atoms with van der Waals surface area (Å²) in [5.74, 6) is 0. The Hall–Kier alpha value is -1.51. The first kappa shape index (κ1) is 15.9. The SMILES string of the molecule is CCCCCC(C)(C)c1ccc(NC(=O)NC2CC2)cc1. The number of rotatable bonds is 7. The van der Waals surface area contributed by atoms with Crippen molar-refractivity contribution in [2.24, 2.45) is 0 Å². The summed E-state index contributed by atoms with van der Waals surface area (Å²) >= 11 is 0. The molecule has 1 aliphatic carbocycles. The molecule has 1 saturated carbocycles. The number of carbonyl (C=O) groups is 1. The maximum atomic E-state index is 11.7. The smallest absolute Gasteiger partial charge is 0.319 e. The maximum Gasteiger partial charge on any atom is 0.319 e. The Morgan fingerprint density at radius 2 is 1.86 bits per heavy atom. The lowest BCUT2D eigenvalue weighted by Gasteiger charge is -2.25. The molecule has 116 valence electrons. The zero-order valence-electron chi connectivity index (χ0n) is 13.5. The van der Waals surface area contributed by atoms with E-state index in [-0.39, 0.29) is 11.4 Å². The van der Waals surface area contributed by atoms with Gasteiger partial charge in [0.2, 0.25) is 0 Å². The van der Waals surface area contributed by atoms with E-state index in [9.17, 15) is 4.79 Å². The van der Waals surface area contributed by atoms with E-state index in [0.717, 1.165) is 18.5 Å². The van der Waals surface area contributed by atoms with Gasteiger partial charge in [-0.1, -0.05) is 52.2 Å². The van der Waals surface area contributed by atoms with Crippen LogP contribution in [0.15, 0.2) is 24.3 Å². The summed E-state index contributed by atoms with van der Waals surface area (Å²) in [6.07, 6.45) is 7.25. The summed E-state index contributed by atoms with van der Waals surface area (Å²) < 4.78 is 0. The molecular formula is C18H28N2O. The number of amides is 2. The quantitative estimate of drug-likeness (QED) is 0.693. The fourth-order valence-electron chi connectivity index (χ4n) is 2.55. The van der Waals surface area contributed by atoms with Gasteiger partial charge in [0.05, 0.1) is 0 Å². The van der Waals surface area contributed by atoms with Gasteiger partial charge >= 0.3 is 6.03 Å². The van der Waals surface area contributed by atoms with Gasteiger partial charge in [-0.05, 0) is 42.4 Å². The second kappa shape index (κ2) is 6.97. The fraction of sp³-hybridized carbons (Fsp3) is 0.611. The van der Waals surface area contributed by atoms with Crippen LogP contribution >= 0.6 is 0 Å². The summed E-state index contributed by atoms with van der Waals surface area (Å²) in [6, 6.07) is 8.58. The highest BCUT2D eigenvalue weighted by Gasteiger charge is 2.23. The summed E-state index contributed by atoms with van der Waals surface area (Å²) in [4.78, 5) is 11.7. The van der Waals surface area contributed by atoms with Gasteiger partial charge in [-0.3, -0.25) is 0 Å². The predicted octanol–water partition coefficient (Wildman–Crippen LogP) is 4.83. The molecule has 0 radical (unpaired) electrons. The van der Waals surface area contributed by atoms with Crippen LogP contribution in [-0.2, 0) is 5.41 Å². The number of anilines is 1. The van der Waals surface area contributed by atoms with Crippen molar-refractivity contribution in [1.82, 2.24) is 5.32 Å². The van der Waals surface area contributed by atoms with E-state index in [1.165, 1.54) is 31.2 Å². The van der Waals surface area contributed by atoms with Gasteiger partial charge in [-0.25, -0.2) is 4.79 Å². The van der Waals surface area contributed by atoms with Gasteiger partial charge in [0.1, 0.15) is 0 Å². The van der Waals surface area contributed by atoms with Gasteiger partial charge in [0.15, 0.2) is 0 Å². The molecule has 1 fully saturated rings. The zero-order valence-corrected chi connectivity index (χ0v) is 13.5. The van der Waals surface area contributed by atoms with E-state index < -0.39 is 0 Å². The lowest BCUT2D eigenvalue weighted by Crippen LogP contribution is -2.30. The van der Waals surface area contributed by atoms with E-state index in [1.54, 1.807) is 0 Å². The summed E-state index contributed by atoms with van der Waals surface area (Å²) in [5, 5.41) is 5.83. The maximum absolute atomic E-state index is 11.7. The molecule has 0 aromatic heterocycles. The Balaban J connectivity index is 1.89. The first-order valence-corrected chi connectivity index (χ1v) is 8.19. The third-order valence-electron chi connectivity index (χ3n) is 4.24. The molecule has 1 aliphatic rings. The van der Waals surface area contributed by atoms with Crippen molar-refractivity contribution in [1.29, 1.82) is 0 Å². The first-order chi connectivity index (χ1) is 10.0. The van der Waals surface area contributed by atoms with Crippen molar-refractivity contribution in [3.05, 3.63) is 29.8 Å². The molecule has 2 amide bonds. The van der Waals surface area contributed by atoms with Crippen LogP contribution in [0.1, 0.15) is 64.9 Å². The largest absolute Gasteiger partial charge is 0.335 e. The molecule has 0 aliphatic heterocycles. The molecule has 0 bridgehead atoms. The van der Waals surface area contributed by atoms with Crippen LogP contribution in [0.25, 0.3) is 0 Å². The first-order valence-electron chi connectivity index (χ1n) is 8.19. The zero-order chi connectivity index (χ0) is 15.3. The van der Waals surface area contributed by atoms with Gasteiger partial charge in [0.25, 0.3) is 0 Å². The normalized spacial score (nSPS) is 14.8. The van der Waals surface area contributed by atoms with Gasteiger partial charge in [0, 0.05) is 11.7 Å². The number of hydrogen-bond acceptors (Lipinski definition) is 1. The molecule has 0 spiro atoms. The second-order valence-corrected chi connectivity index (χ2v) is 6.79. The Bertz CT molecular complexity index is 461. The van der Waals surface area contributed by atoms with E-state index in [4.69, 9.17) is 0 Å². The van der Waals surface area contributed by atoms with E-state index >= 15 is 0 Å². The Morgan fingerprint density at radius 1 is 1.19 bits per heavy atom. The van der Waals surface area contributed by atoms with Crippen molar-refractivity contribution in [2.45, 2.75) is 70.8 Å². The highest BCUT2D eigenvalue weighted by atomic mass is 16.2. The molecule has 1 aromatic rings. The van der Waals surface area contributed by atoms with E-state index in [2.05, 4.69) is 43.5 Å². The minimum absolute atomic E-state index is 0.0903. The number of benzene rings is 1. The standard InChI is InChI=1S/C18H28N2O/c1-4-5-6-13-18(2,3)14-7-9-15(10-8-14)19-17(21)20-16-11-12-16/h7-10,16H,4-6,11-13H2,1-3H3,(H2,19,20,21). The molecule has 0 heterocycles. The molecule has 2 N–H and O–H groups in total. The molecular weight excluding hydrogens is 260 g/mol. The lowest BCUT2D eigenvalue weighted by molar-refractivity contribution is 0.251. The van der Waals surface area contributed by atoms with Crippen molar-refractivity contribution in [2.75, 3.05) is 5.32 Å². The molecule has 0 saturated heterocycles. The Morgan fingerprint density at radius 3 is 2.43 bits per heavy atom. The number of nitrogens with one attached hydrogen (secondary N) is 2. The topological polar surface area (TPSA) is 41.1 Å². The lowest BCUT2D eigenvalue weighted by atomic mass is 9.80. The second-order valence-electron chi connectivity index (χ2n) is 6.79. The molecule has 21 heavy (non-hydrogen) atoms. The average Bonchev–Trinajstić information content (AvgIpc) is 3.23. The molecule has 3 nitrogen and oxygen atoms in total. The number of urea groups is 1. The van der Waals surface area contributed by atoms with Crippen LogP contribution in [0.2, 0.25) is 0 Å².